The summed E-state index contributed by atoms with van der Waals surface area (Å²) in [4.78, 5) is 28.8. The summed E-state index contributed by atoms with van der Waals surface area (Å²) in [5.41, 5.74) is 2.07. The van der Waals surface area contributed by atoms with E-state index in [4.69, 9.17) is 16.1 Å². The van der Waals surface area contributed by atoms with E-state index in [1.54, 1.807) is 36.7 Å². The Morgan fingerprint density at radius 3 is 2.80 bits per heavy atom. The Kier molecular flexibility index (Phi) is 5.67. The van der Waals surface area contributed by atoms with Crippen molar-refractivity contribution in [2.75, 3.05) is 0 Å². The molecule has 0 aliphatic heterocycles. The second-order valence-corrected chi connectivity index (χ2v) is 7.45. The van der Waals surface area contributed by atoms with Crippen LogP contribution in [0.4, 0.5) is 0 Å². The summed E-state index contributed by atoms with van der Waals surface area (Å²) in [5, 5.41) is 5.12. The fraction of sp³-hybridized carbons (Fsp3) is 0.238. The van der Waals surface area contributed by atoms with Crippen molar-refractivity contribution in [3.8, 4) is 0 Å². The maximum atomic E-state index is 12.3. The Bertz CT molecular complexity index is 1260. The van der Waals surface area contributed by atoms with Crippen LogP contribution in [0, 0.1) is 0 Å². The fourth-order valence-electron chi connectivity index (χ4n) is 2.73. The zero-order valence-corrected chi connectivity index (χ0v) is 17.1. The van der Waals surface area contributed by atoms with E-state index in [0.29, 0.717) is 27.9 Å². The summed E-state index contributed by atoms with van der Waals surface area (Å²) in [6.07, 6.45) is 6.97. The van der Waals surface area contributed by atoms with E-state index in [9.17, 15) is 4.79 Å². The van der Waals surface area contributed by atoms with E-state index in [1.165, 1.54) is 10.9 Å². The van der Waals surface area contributed by atoms with Gasteiger partial charge >= 0.3 is 0 Å². The number of nitrogens with zero attached hydrogens (tertiary/aromatic N) is 6. The molecule has 1 saturated carbocycles. The molecule has 0 spiro atoms. The van der Waals surface area contributed by atoms with Crippen molar-refractivity contribution in [1.29, 1.82) is 0 Å². The summed E-state index contributed by atoms with van der Waals surface area (Å²) in [7, 11) is 0. The molecule has 152 valence electrons. The average Bonchev–Trinajstić information content (AvgIpc) is 3.50. The Labute approximate surface area is 177 Å². The van der Waals surface area contributed by atoms with Gasteiger partial charge in [0.25, 0.3) is 5.56 Å². The van der Waals surface area contributed by atoms with E-state index in [2.05, 4.69) is 31.7 Å². The first kappa shape index (κ1) is 19.9. The van der Waals surface area contributed by atoms with Crippen LogP contribution in [0.3, 0.4) is 0 Å². The molecule has 4 heterocycles. The Balaban J connectivity index is 0.000000185. The highest BCUT2D eigenvalue weighted by molar-refractivity contribution is 6.30. The summed E-state index contributed by atoms with van der Waals surface area (Å²) in [6, 6.07) is 6.96. The second-order valence-electron chi connectivity index (χ2n) is 7.01. The number of rotatable bonds is 4. The molecule has 0 radical (unpaired) electrons. The quantitative estimate of drug-likeness (QED) is 0.492. The van der Waals surface area contributed by atoms with Crippen molar-refractivity contribution in [3.63, 3.8) is 0 Å². The minimum absolute atomic E-state index is 0.158. The molecule has 4 aromatic heterocycles. The van der Waals surface area contributed by atoms with Crippen LogP contribution in [-0.4, -0.2) is 29.7 Å². The molecule has 0 N–H and O–H groups in total. The van der Waals surface area contributed by atoms with Crippen molar-refractivity contribution in [2.45, 2.75) is 32.2 Å². The van der Waals surface area contributed by atoms with E-state index in [1.807, 2.05) is 6.92 Å². The van der Waals surface area contributed by atoms with Crippen LogP contribution in [0.25, 0.3) is 16.6 Å². The number of allylic oxidation sites excluding steroid dienone is 1. The molecule has 30 heavy (non-hydrogen) atoms. The third-order valence-electron chi connectivity index (χ3n) is 4.49. The van der Waals surface area contributed by atoms with Gasteiger partial charge in [-0.25, -0.2) is 9.97 Å². The van der Waals surface area contributed by atoms with E-state index in [-0.39, 0.29) is 12.1 Å². The summed E-state index contributed by atoms with van der Waals surface area (Å²) < 4.78 is 6.63. The third kappa shape index (κ3) is 4.60. The molecule has 0 amide bonds. The Morgan fingerprint density at radius 2 is 2.10 bits per heavy atom. The van der Waals surface area contributed by atoms with E-state index < -0.39 is 0 Å². The van der Waals surface area contributed by atoms with Gasteiger partial charge in [0.2, 0.25) is 5.89 Å². The average molecular weight is 423 g/mol. The normalized spacial score (nSPS) is 13.0. The molecule has 1 fully saturated rings. The predicted octanol–water partition coefficient (Wildman–Crippen LogP) is 3.87. The van der Waals surface area contributed by atoms with Crippen molar-refractivity contribution in [1.82, 2.24) is 29.7 Å². The molecular formula is C21H19ClN6O2. The maximum absolute atomic E-state index is 12.3. The zero-order chi connectivity index (χ0) is 21.1. The lowest BCUT2D eigenvalue weighted by molar-refractivity contribution is 0.364. The second kappa shape index (κ2) is 8.54. The number of fused-ring (bicyclic) bond motifs is 1. The van der Waals surface area contributed by atoms with Crippen molar-refractivity contribution >= 4 is 28.2 Å². The maximum Gasteiger partial charge on any atom is 0.263 e. The van der Waals surface area contributed by atoms with Crippen molar-refractivity contribution in [3.05, 3.63) is 82.4 Å². The highest BCUT2D eigenvalue weighted by Crippen LogP contribution is 2.38. The van der Waals surface area contributed by atoms with Crippen LogP contribution >= 0.6 is 11.6 Å². The Morgan fingerprint density at radius 1 is 1.27 bits per heavy atom. The topological polar surface area (TPSA) is 99.6 Å². The molecule has 5 rings (SSSR count). The summed E-state index contributed by atoms with van der Waals surface area (Å²) >= 11 is 5.71. The van der Waals surface area contributed by atoms with Gasteiger partial charge in [-0.3, -0.25) is 14.3 Å². The van der Waals surface area contributed by atoms with Gasteiger partial charge in [-0.15, -0.1) is 0 Å². The molecule has 0 aromatic carbocycles. The SMILES string of the molecule is C=C(C)c1cc(Cl)ccn1.O=c1c2cccnc2ncn1Cc1nc(C2CC2)no1. The first-order valence-electron chi connectivity index (χ1n) is 9.41. The molecule has 1 aliphatic rings. The molecule has 0 bridgehead atoms. The lowest BCUT2D eigenvalue weighted by Gasteiger charge is -2.02. The van der Waals surface area contributed by atoms with Crippen LogP contribution in [0.15, 0.2) is 58.9 Å². The van der Waals surface area contributed by atoms with Gasteiger partial charge in [0.1, 0.15) is 12.9 Å². The standard InChI is InChI=1S/C13H11N5O2.C8H8ClN/c19-13-9-2-1-5-14-12(9)15-7-18(13)6-10-16-11(17-20-10)8-3-4-8;1-6(2)8-5-7(9)3-4-10-8/h1-2,5,7-8H,3-4,6H2;3-5H,1H2,2H3. The first-order chi connectivity index (χ1) is 14.5. The minimum Gasteiger partial charge on any atom is -0.337 e. The zero-order valence-electron chi connectivity index (χ0n) is 16.3. The van der Waals surface area contributed by atoms with Crippen LogP contribution in [-0.2, 0) is 6.54 Å². The van der Waals surface area contributed by atoms with Gasteiger partial charge in [-0.2, -0.15) is 4.98 Å². The molecule has 4 aromatic rings. The summed E-state index contributed by atoms with van der Waals surface area (Å²) in [6.45, 7) is 5.88. The van der Waals surface area contributed by atoms with Crippen LogP contribution in [0.2, 0.25) is 5.02 Å². The number of aromatic nitrogens is 6. The largest absolute Gasteiger partial charge is 0.337 e. The van der Waals surface area contributed by atoms with Crippen LogP contribution < -0.4 is 5.56 Å². The van der Waals surface area contributed by atoms with Crippen molar-refractivity contribution < 1.29 is 4.52 Å². The smallest absolute Gasteiger partial charge is 0.263 e. The van der Waals surface area contributed by atoms with Crippen LogP contribution in [0.1, 0.15) is 43.1 Å². The molecule has 1 aliphatic carbocycles. The summed E-state index contributed by atoms with van der Waals surface area (Å²) in [5.74, 6) is 1.60. The molecule has 0 unspecified atom stereocenters. The van der Waals surface area contributed by atoms with E-state index >= 15 is 0 Å². The molecule has 8 nitrogen and oxygen atoms in total. The minimum atomic E-state index is -0.158. The lowest BCUT2D eigenvalue weighted by atomic mass is 10.2. The van der Waals surface area contributed by atoms with E-state index in [0.717, 1.165) is 29.9 Å². The molecule has 0 saturated heterocycles. The first-order valence-corrected chi connectivity index (χ1v) is 9.79. The van der Waals surface area contributed by atoms with Crippen molar-refractivity contribution in [2.24, 2.45) is 0 Å². The Hall–Kier alpha value is -3.39. The molecule has 0 atom stereocenters. The number of hydrogen-bond acceptors (Lipinski definition) is 7. The monoisotopic (exact) mass is 422 g/mol. The van der Waals surface area contributed by atoms with Gasteiger partial charge in [0, 0.05) is 23.3 Å². The fourth-order valence-corrected chi connectivity index (χ4v) is 2.89. The number of pyridine rings is 2. The van der Waals surface area contributed by atoms with Gasteiger partial charge in [-0.1, -0.05) is 23.3 Å². The lowest BCUT2D eigenvalue weighted by Crippen LogP contribution is -2.21. The third-order valence-corrected chi connectivity index (χ3v) is 4.72. The van der Waals surface area contributed by atoms with Gasteiger partial charge < -0.3 is 4.52 Å². The highest BCUT2D eigenvalue weighted by atomic mass is 35.5. The van der Waals surface area contributed by atoms with Gasteiger partial charge in [0.05, 0.1) is 11.1 Å². The predicted molar refractivity (Wildman–Crippen MR) is 113 cm³/mol. The molecule has 9 heteroatoms. The highest BCUT2D eigenvalue weighted by Gasteiger charge is 2.28. The van der Waals surface area contributed by atoms with Gasteiger partial charge in [-0.05, 0) is 49.6 Å². The van der Waals surface area contributed by atoms with Gasteiger partial charge in [0.15, 0.2) is 11.5 Å². The number of hydrogen-bond donors (Lipinski definition) is 0. The molecular weight excluding hydrogens is 404 g/mol. The number of halogens is 1. The van der Waals surface area contributed by atoms with Crippen LogP contribution in [0.5, 0.6) is 0 Å².